The lowest BCUT2D eigenvalue weighted by Crippen LogP contribution is -2.36. The number of amides is 2. The standard InChI is InChI=1S/C14H19BrN2O4/c1-9(4-3-5-13(18)19)16-14(20)17-11-6-10(15)7-12(8-11)21-2/h6-9H,3-5H2,1-2H3,(H,18,19)(H2,16,17,20). The summed E-state index contributed by atoms with van der Waals surface area (Å²) >= 11 is 3.34. The summed E-state index contributed by atoms with van der Waals surface area (Å²) in [5, 5.41) is 14.0. The molecule has 0 aliphatic rings. The third kappa shape index (κ3) is 6.99. The van der Waals surface area contributed by atoms with Gasteiger partial charge in [0.15, 0.2) is 0 Å². The summed E-state index contributed by atoms with van der Waals surface area (Å²) in [5.41, 5.74) is 0.608. The van der Waals surface area contributed by atoms with Crippen LogP contribution in [0, 0.1) is 0 Å². The predicted molar refractivity (Wildman–Crippen MR) is 83.8 cm³/mol. The van der Waals surface area contributed by atoms with Gasteiger partial charge in [-0.25, -0.2) is 4.79 Å². The van der Waals surface area contributed by atoms with Gasteiger partial charge >= 0.3 is 12.0 Å². The molecule has 0 aliphatic carbocycles. The molecule has 1 aromatic rings. The molecule has 0 radical (unpaired) electrons. The minimum absolute atomic E-state index is 0.0987. The van der Waals surface area contributed by atoms with Crippen molar-refractivity contribution in [2.75, 3.05) is 12.4 Å². The quantitative estimate of drug-likeness (QED) is 0.698. The molecule has 0 bridgehead atoms. The number of nitrogens with one attached hydrogen (secondary N) is 2. The number of hydrogen-bond donors (Lipinski definition) is 3. The van der Waals surface area contributed by atoms with Crippen molar-refractivity contribution < 1.29 is 19.4 Å². The first kappa shape index (κ1) is 17.3. The molecule has 0 saturated heterocycles. The van der Waals surface area contributed by atoms with Gasteiger partial charge in [0, 0.05) is 28.7 Å². The highest BCUT2D eigenvalue weighted by atomic mass is 79.9. The van der Waals surface area contributed by atoms with E-state index in [-0.39, 0.29) is 18.5 Å². The van der Waals surface area contributed by atoms with E-state index >= 15 is 0 Å². The average Bonchev–Trinajstić information content (AvgIpc) is 2.36. The van der Waals surface area contributed by atoms with Crippen LogP contribution in [0.4, 0.5) is 10.5 Å². The maximum atomic E-state index is 11.8. The number of rotatable bonds is 7. The third-order valence-corrected chi connectivity index (χ3v) is 3.23. The maximum Gasteiger partial charge on any atom is 0.319 e. The molecule has 0 heterocycles. The Bertz CT molecular complexity index is 508. The zero-order valence-corrected chi connectivity index (χ0v) is 13.6. The van der Waals surface area contributed by atoms with Crippen molar-refractivity contribution in [1.29, 1.82) is 0 Å². The fourth-order valence-corrected chi connectivity index (χ4v) is 2.25. The highest BCUT2D eigenvalue weighted by molar-refractivity contribution is 9.10. The molecule has 0 aliphatic heterocycles. The van der Waals surface area contributed by atoms with Gasteiger partial charge in [-0.15, -0.1) is 0 Å². The lowest BCUT2D eigenvalue weighted by molar-refractivity contribution is -0.137. The summed E-state index contributed by atoms with van der Waals surface area (Å²) < 4.78 is 5.91. The number of halogens is 1. The van der Waals surface area contributed by atoms with Gasteiger partial charge in [0.2, 0.25) is 0 Å². The Kier molecular flexibility index (Phi) is 7.01. The summed E-state index contributed by atoms with van der Waals surface area (Å²) in [5.74, 6) is -0.193. The van der Waals surface area contributed by atoms with E-state index in [1.165, 1.54) is 0 Å². The first-order chi connectivity index (χ1) is 9.90. The topological polar surface area (TPSA) is 87.7 Å². The zero-order valence-electron chi connectivity index (χ0n) is 12.0. The first-order valence-corrected chi connectivity index (χ1v) is 7.34. The first-order valence-electron chi connectivity index (χ1n) is 6.54. The molecule has 21 heavy (non-hydrogen) atoms. The molecule has 116 valence electrons. The van der Waals surface area contributed by atoms with Crippen molar-refractivity contribution >= 4 is 33.6 Å². The predicted octanol–water partition coefficient (Wildman–Crippen LogP) is 3.22. The van der Waals surface area contributed by atoms with Gasteiger partial charge in [0.05, 0.1) is 7.11 Å². The Hall–Kier alpha value is -1.76. The van der Waals surface area contributed by atoms with E-state index in [4.69, 9.17) is 9.84 Å². The van der Waals surface area contributed by atoms with Crippen LogP contribution >= 0.6 is 15.9 Å². The van der Waals surface area contributed by atoms with Crippen LogP contribution in [0.2, 0.25) is 0 Å². The smallest absolute Gasteiger partial charge is 0.319 e. The Morgan fingerprint density at radius 3 is 2.71 bits per heavy atom. The number of anilines is 1. The summed E-state index contributed by atoms with van der Waals surface area (Å²) in [7, 11) is 1.55. The zero-order chi connectivity index (χ0) is 15.8. The van der Waals surface area contributed by atoms with Gasteiger partial charge in [0.25, 0.3) is 0 Å². The highest BCUT2D eigenvalue weighted by Crippen LogP contribution is 2.24. The number of aliphatic carboxylic acids is 1. The number of carboxylic acids is 1. The van der Waals surface area contributed by atoms with E-state index in [9.17, 15) is 9.59 Å². The number of carbonyl (C=O) groups excluding carboxylic acids is 1. The number of methoxy groups -OCH3 is 1. The molecule has 1 unspecified atom stereocenters. The molecule has 0 aromatic heterocycles. The molecular formula is C14H19BrN2O4. The summed E-state index contributed by atoms with van der Waals surface area (Å²) in [6.07, 6.45) is 1.25. The molecule has 1 rings (SSSR count). The fraction of sp³-hybridized carbons (Fsp3) is 0.429. The molecule has 1 atom stereocenters. The largest absolute Gasteiger partial charge is 0.497 e. The molecule has 0 spiro atoms. The highest BCUT2D eigenvalue weighted by Gasteiger charge is 2.09. The monoisotopic (exact) mass is 358 g/mol. The molecule has 1 aromatic carbocycles. The Balaban J connectivity index is 2.46. The number of ether oxygens (including phenoxy) is 1. The van der Waals surface area contributed by atoms with E-state index in [0.717, 1.165) is 4.47 Å². The van der Waals surface area contributed by atoms with Gasteiger partial charge in [-0.05, 0) is 31.9 Å². The van der Waals surface area contributed by atoms with Crippen LogP contribution in [0.25, 0.3) is 0 Å². The maximum absolute atomic E-state index is 11.8. The number of carbonyl (C=O) groups is 2. The van der Waals surface area contributed by atoms with Gasteiger partial charge in [-0.3, -0.25) is 4.79 Å². The van der Waals surface area contributed by atoms with Crippen molar-refractivity contribution in [3.8, 4) is 5.75 Å². The van der Waals surface area contributed by atoms with Crippen molar-refractivity contribution in [3.05, 3.63) is 22.7 Å². The van der Waals surface area contributed by atoms with Gasteiger partial charge in [0.1, 0.15) is 5.75 Å². The second-order valence-electron chi connectivity index (χ2n) is 4.67. The molecule has 0 fully saturated rings. The number of hydrogen-bond acceptors (Lipinski definition) is 3. The molecule has 7 heteroatoms. The number of benzene rings is 1. The molecule has 0 saturated carbocycles. The SMILES string of the molecule is COc1cc(Br)cc(NC(=O)NC(C)CCCC(=O)O)c1. The van der Waals surface area contributed by atoms with E-state index in [1.54, 1.807) is 25.3 Å². The van der Waals surface area contributed by atoms with E-state index < -0.39 is 5.97 Å². The molecule has 2 amide bonds. The van der Waals surface area contributed by atoms with Crippen LogP contribution in [-0.2, 0) is 4.79 Å². The van der Waals surface area contributed by atoms with Crippen molar-refractivity contribution in [1.82, 2.24) is 5.32 Å². The van der Waals surface area contributed by atoms with Crippen molar-refractivity contribution in [2.45, 2.75) is 32.2 Å². The van der Waals surface area contributed by atoms with Crippen LogP contribution in [0.3, 0.4) is 0 Å². The number of carboxylic acid groups (broad SMARTS) is 1. The Labute approximate surface area is 132 Å². The van der Waals surface area contributed by atoms with Gasteiger partial charge in [-0.2, -0.15) is 0 Å². The molecule has 6 nitrogen and oxygen atoms in total. The average molecular weight is 359 g/mol. The van der Waals surface area contributed by atoms with E-state index in [2.05, 4.69) is 26.6 Å². The van der Waals surface area contributed by atoms with E-state index in [1.807, 2.05) is 6.92 Å². The van der Waals surface area contributed by atoms with Crippen LogP contribution < -0.4 is 15.4 Å². The van der Waals surface area contributed by atoms with Crippen LogP contribution in [0.15, 0.2) is 22.7 Å². The molecule has 3 N–H and O–H groups in total. The number of urea groups is 1. The second kappa shape index (κ2) is 8.51. The second-order valence-corrected chi connectivity index (χ2v) is 5.58. The fourth-order valence-electron chi connectivity index (χ4n) is 1.78. The Morgan fingerprint density at radius 1 is 1.38 bits per heavy atom. The van der Waals surface area contributed by atoms with Crippen molar-refractivity contribution in [2.24, 2.45) is 0 Å². The summed E-state index contributed by atoms with van der Waals surface area (Å²) in [4.78, 5) is 22.3. The minimum Gasteiger partial charge on any atom is -0.497 e. The third-order valence-electron chi connectivity index (χ3n) is 2.77. The summed E-state index contributed by atoms with van der Waals surface area (Å²) in [6.45, 7) is 1.84. The lowest BCUT2D eigenvalue weighted by atomic mass is 10.1. The van der Waals surface area contributed by atoms with Crippen molar-refractivity contribution in [3.63, 3.8) is 0 Å². The Morgan fingerprint density at radius 2 is 2.10 bits per heavy atom. The minimum atomic E-state index is -0.826. The summed E-state index contributed by atoms with van der Waals surface area (Å²) in [6, 6.07) is 4.82. The normalized spacial score (nSPS) is 11.6. The lowest BCUT2D eigenvalue weighted by Gasteiger charge is -2.14. The van der Waals surface area contributed by atoms with Gasteiger partial charge in [-0.1, -0.05) is 15.9 Å². The van der Waals surface area contributed by atoms with Crippen LogP contribution in [-0.4, -0.2) is 30.3 Å². The molecular weight excluding hydrogens is 340 g/mol. The van der Waals surface area contributed by atoms with Crippen LogP contribution in [0.1, 0.15) is 26.2 Å². The van der Waals surface area contributed by atoms with Gasteiger partial charge < -0.3 is 20.5 Å². The van der Waals surface area contributed by atoms with E-state index in [0.29, 0.717) is 24.3 Å². The van der Waals surface area contributed by atoms with Crippen LogP contribution in [0.5, 0.6) is 5.75 Å².